The van der Waals surface area contributed by atoms with Crippen LogP contribution in [0, 0.1) is 13.8 Å². The normalized spacial score (nSPS) is 14.3. The summed E-state index contributed by atoms with van der Waals surface area (Å²) in [5.74, 6) is -0.202. The number of ether oxygens (including phenoxy) is 1. The lowest BCUT2D eigenvalue weighted by Crippen LogP contribution is -2.24. The van der Waals surface area contributed by atoms with Gasteiger partial charge in [-0.1, -0.05) is 0 Å². The Morgan fingerprint density at radius 2 is 1.85 bits per heavy atom. The molecule has 1 aromatic carbocycles. The van der Waals surface area contributed by atoms with Gasteiger partial charge in [-0.15, -0.1) is 10.2 Å². The molecule has 1 fully saturated rings. The van der Waals surface area contributed by atoms with Crippen LogP contribution >= 0.6 is 0 Å². The highest BCUT2D eigenvalue weighted by Gasteiger charge is 2.20. The van der Waals surface area contributed by atoms with E-state index in [-0.39, 0.29) is 5.69 Å². The van der Waals surface area contributed by atoms with Crippen LogP contribution in [0.25, 0.3) is 0 Å². The van der Waals surface area contributed by atoms with Gasteiger partial charge < -0.3 is 15.0 Å². The van der Waals surface area contributed by atoms with E-state index in [1.54, 1.807) is 24.3 Å². The molecule has 0 saturated carbocycles. The molecule has 0 spiro atoms. The van der Waals surface area contributed by atoms with Gasteiger partial charge in [0.2, 0.25) is 0 Å². The number of carbonyl (C=O) groups is 2. The van der Waals surface area contributed by atoms with Gasteiger partial charge in [0, 0.05) is 13.1 Å². The smallest absolute Gasteiger partial charge is 0.339 e. The van der Waals surface area contributed by atoms with E-state index in [9.17, 15) is 9.59 Å². The van der Waals surface area contributed by atoms with Gasteiger partial charge in [0.05, 0.1) is 25.0 Å². The third kappa shape index (κ3) is 4.06. The molecule has 1 aromatic heterocycles. The number of carbonyl (C=O) groups excluding carboxylic acids is 2. The summed E-state index contributed by atoms with van der Waals surface area (Å²) in [5, 5.41) is 10.9. The van der Waals surface area contributed by atoms with Gasteiger partial charge in [-0.3, -0.25) is 9.69 Å². The van der Waals surface area contributed by atoms with Gasteiger partial charge in [-0.25, -0.2) is 4.79 Å². The fourth-order valence-electron chi connectivity index (χ4n) is 2.91. The number of hydrogen-bond acceptors (Lipinski definition) is 7. The maximum atomic E-state index is 12.6. The van der Waals surface area contributed by atoms with E-state index in [4.69, 9.17) is 4.74 Å². The van der Waals surface area contributed by atoms with Crippen LogP contribution in [0.4, 0.5) is 11.5 Å². The Morgan fingerprint density at radius 3 is 2.44 bits per heavy atom. The first kappa shape index (κ1) is 18.8. The molecule has 1 aliphatic heterocycles. The van der Waals surface area contributed by atoms with Crippen molar-refractivity contribution in [2.75, 3.05) is 44.1 Å². The summed E-state index contributed by atoms with van der Waals surface area (Å²) in [6, 6.07) is 6.87. The van der Waals surface area contributed by atoms with E-state index in [2.05, 4.69) is 25.3 Å². The number of esters is 1. The van der Waals surface area contributed by atoms with Crippen LogP contribution in [-0.2, 0) is 4.74 Å². The fraction of sp³-hybridized carbons (Fsp3) is 0.368. The quantitative estimate of drug-likeness (QED) is 0.823. The van der Waals surface area contributed by atoms with E-state index in [0.29, 0.717) is 11.3 Å². The van der Waals surface area contributed by atoms with E-state index in [1.807, 2.05) is 20.9 Å². The summed E-state index contributed by atoms with van der Waals surface area (Å²) >= 11 is 0. The number of aryl methyl sites for hydroxylation is 2. The largest absolute Gasteiger partial charge is 0.465 e. The van der Waals surface area contributed by atoms with Crippen molar-refractivity contribution in [3.05, 3.63) is 46.6 Å². The van der Waals surface area contributed by atoms with Crippen molar-refractivity contribution in [3.63, 3.8) is 0 Å². The minimum atomic E-state index is -0.506. The summed E-state index contributed by atoms with van der Waals surface area (Å²) in [4.78, 5) is 28.9. The van der Waals surface area contributed by atoms with E-state index in [1.165, 1.54) is 7.11 Å². The van der Waals surface area contributed by atoms with Crippen LogP contribution in [-0.4, -0.2) is 60.9 Å². The van der Waals surface area contributed by atoms with E-state index < -0.39 is 11.9 Å². The number of amides is 1. The number of rotatable bonds is 4. The first-order valence-corrected chi connectivity index (χ1v) is 8.67. The minimum absolute atomic E-state index is 0.181. The molecule has 1 amide bonds. The Kier molecular flexibility index (Phi) is 5.36. The second kappa shape index (κ2) is 7.71. The molecule has 1 N–H and O–H groups in total. The van der Waals surface area contributed by atoms with Crippen LogP contribution in [0.15, 0.2) is 24.3 Å². The maximum Gasteiger partial charge on any atom is 0.339 e. The van der Waals surface area contributed by atoms with Crippen LogP contribution in [0.3, 0.4) is 0 Å². The molecule has 1 saturated heterocycles. The highest BCUT2D eigenvalue weighted by Crippen LogP contribution is 2.23. The summed E-state index contributed by atoms with van der Waals surface area (Å²) in [6.45, 7) is 6.43. The number of hydrogen-bond donors (Lipinski definition) is 1. The molecular weight excluding hydrogens is 346 g/mol. The third-order valence-electron chi connectivity index (χ3n) is 4.66. The van der Waals surface area contributed by atoms with Gasteiger partial charge in [-0.05, 0) is 56.3 Å². The maximum absolute atomic E-state index is 12.6. The zero-order valence-corrected chi connectivity index (χ0v) is 15.9. The third-order valence-corrected chi connectivity index (χ3v) is 4.66. The van der Waals surface area contributed by atoms with Crippen molar-refractivity contribution in [2.24, 2.45) is 0 Å². The average Bonchev–Trinajstić information content (AvgIpc) is 3.10. The Hall–Kier alpha value is -3.00. The van der Waals surface area contributed by atoms with Crippen LogP contribution < -0.4 is 10.2 Å². The SMILES string of the molecule is COC(=O)c1cc(C)c(C)cc1NC(=O)c1ccc(N2CCN(C)C2)nn1. The summed E-state index contributed by atoms with van der Waals surface area (Å²) in [5.41, 5.74) is 2.77. The predicted molar refractivity (Wildman–Crippen MR) is 102 cm³/mol. The first-order valence-electron chi connectivity index (χ1n) is 8.67. The van der Waals surface area contributed by atoms with Crippen molar-refractivity contribution < 1.29 is 14.3 Å². The zero-order chi connectivity index (χ0) is 19.6. The van der Waals surface area contributed by atoms with Crippen molar-refractivity contribution in [2.45, 2.75) is 13.8 Å². The van der Waals surface area contributed by atoms with Crippen LogP contribution in [0.5, 0.6) is 0 Å². The number of anilines is 2. The number of nitrogens with one attached hydrogen (secondary N) is 1. The monoisotopic (exact) mass is 369 g/mol. The molecule has 0 aliphatic carbocycles. The summed E-state index contributed by atoms with van der Waals surface area (Å²) in [6.07, 6.45) is 0. The molecule has 0 radical (unpaired) electrons. The number of nitrogens with zero attached hydrogens (tertiary/aromatic N) is 4. The van der Waals surface area contributed by atoms with Crippen molar-refractivity contribution in [1.82, 2.24) is 15.1 Å². The molecule has 0 atom stereocenters. The Morgan fingerprint density at radius 1 is 1.11 bits per heavy atom. The molecular formula is C19H23N5O3. The molecule has 0 bridgehead atoms. The van der Waals surface area contributed by atoms with Gasteiger partial charge in [0.25, 0.3) is 5.91 Å². The fourth-order valence-corrected chi connectivity index (χ4v) is 2.91. The zero-order valence-electron chi connectivity index (χ0n) is 15.9. The molecule has 8 nitrogen and oxygen atoms in total. The molecule has 2 heterocycles. The number of aromatic nitrogens is 2. The highest BCUT2D eigenvalue weighted by atomic mass is 16.5. The molecule has 3 rings (SSSR count). The molecule has 27 heavy (non-hydrogen) atoms. The highest BCUT2D eigenvalue weighted by molar-refractivity contribution is 6.07. The van der Waals surface area contributed by atoms with Crippen molar-refractivity contribution in [1.29, 1.82) is 0 Å². The number of benzene rings is 1. The minimum Gasteiger partial charge on any atom is -0.465 e. The lowest BCUT2D eigenvalue weighted by atomic mass is 10.0. The average molecular weight is 369 g/mol. The van der Waals surface area contributed by atoms with Gasteiger partial charge in [0.15, 0.2) is 11.5 Å². The van der Waals surface area contributed by atoms with Crippen LogP contribution in [0.1, 0.15) is 32.0 Å². The van der Waals surface area contributed by atoms with Crippen LogP contribution in [0.2, 0.25) is 0 Å². The lowest BCUT2D eigenvalue weighted by Gasteiger charge is -2.16. The Balaban J connectivity index is 1.79. The second-order valence-electron chi connectivity index (χ2n) is 6.69. The summed E-state index contributed by atoms with van der Waals surface area (Å²) < 4.78 is 4.81. The topological polar surface area (TPSA) is 87.7 Å². The lowest BCUT2D eigenvalue weighted by molar-refractivity contribution is 0.0602. The van der Waals surface area contributed by atoms with Gasteiger partial charge in [0.1, 0.15) is 0 Å². The molecule has 0 unspecified atom stereocenters. The molecule has 142 valence electrons. The van der Waals surface area contributed by atoms with E-state index >= 15 is 0 Å². The Bertz CT molecular complexity index is 866. The number of likely N-dealkylation sites (N-methyl/N-ethyl adjacent to an activating group) is 1. The standard InChI is InChI=1S/C19H23N5O3/c1-12-9-14(19(26)27-4)16(10-13(12)2)20-18(25)15-5-6-17(22-21-15)24-8-7-23(3)11-24/h5-6,9-10H,7-8,11H2,1-4H3,(H,20,25). The molecule has 8 heteroatoms. The molecule has 1 aliphatic rings. The van der Waals surface area contributed by atoms with Gasteiger partial charge >= 0.3 is 5.97 Å². The van der Waals surface area contributed by atoms with Gasteiger partial charge in [-0.2, -0.15) is 0 Å². The van der Waals surface area contributed by atoms with Crippen molar-refractivity contribution >= 4 is 23.4 Å². The van der Waals surface area contributed by atoms with Crippen molar-refractivity contribution in [3.8, 4) is 0 Å². The molecule has 2 aromatic rings. The predicted octanol–water partition coefficient (Wildman–Crippen LogP) is 1.84. The number of methoxy groups -OCH3 is 1. The first-order chi connectivity index (χ1) is 12.9. The summed E-state index contributed by atoms with van der Waals surface area (Å²) in [7, 11) is 3.35. The second-order valence-corrected chi connectivity index (χ2v) is 6.69. The Labute approximate surface area is 158 Å². The van der Waals surface area contributed by atoms with E-state index in [0.717, 1.165) is 36.7 Å².